The fraction of sp³-hybridized carbons (Fsp3) is 0.318. The monoisotopic (exact) mass is 364 g/mol. The number of hydrogen-bond donors (Lipinski definition) is 2. The summed E-state index contributed by atoms with van der Waals surface area (Å²) in [7, 11) is 0. The second-order valence-electron chi connectivity index (χ2n) is 6.99. The van der Waals surface area contributed by atoms with E-state index in [-0.39, 0.29) is 12.0 Å². The zero-order chi connectivity index (χ0) is 19.0. The molecule has 3 aromatic rings. The summed E-state index contributed by atoms with van der Waals surface area (Å²) in [6.45, 7) is 6.91. The topological polar surface area (TPSA) is 63.3 Å². The van der Waals surface area contributed by atoms with Gasteiger partial charge in [0.2, 0.25) is 0 Å². The van der Waals surface area contributed by atoms with Crippen LogP contribution < -0.4 is 14.8 Å². The standard InChI is InChI=1S/C22H24N2O3/c1-4-26-19-10-15-9-13(2)27-20(15)11-16(19)12-23-22(25)21-14(3)24-18-8-6-5-7-17(18)21/h5-8,10-11,13,24H,4,9,12H2,1-3H3,(H,23,25)/t13-/m0/s1. The Morgan fingerprint density at radius 1 is 1.33 bits per heavy atom. The number of benzene rings is 2. The number of para-hydroxylation sites is 1. The van der Waals surface area contributed by atoms with E-state index in [9.17, 15) is 4.79 Å². The second-order valence-corrected chi connectivity index (χ2v) is 6.99. The highest BCUT2D eigenvalue weighted by Gasteiger charge is 2.22. The first kappa shape index (κ1) is 17.5. The van der Waals surface area contributed by atoms with Crippen LogP contribution in [-0.4, -0.2) is 23.6 Å². The molecule has 0 fully saturated rings. The minimum Gasteiger partial charge on any atom is -0.494 e. The van der Waals surface area contributed by atoms with Gasteiger partial charge in [-0.05, 0) is 39.0 Å². The summed E-state index contributed by atoms with van der Waals surface area (Å²) in [6, 6.07) is 11.9. The molecule has 27 heavy (non-hydrogen) atoms. The van der Waals surface area contributed by atoms with Crippen molar-refractivity contribution in [3.63, 3.8) is 0 Å². The molecule has 2 N–H and O–H groups in total. The first-order chi connectivity index (χ1) is 13.1. The fourth-order valence-electron chi connectivity index (χ4n) is 3.74. The van der Waals surface area contributed by atoms with Gasteiger partial charge in [0.05, 0.1) is 12.2 Å². The Labute approximate surface area is 158 Å². The number of carbonyl (C=O) groups excluding carboxylic acids is 1. The molecule has 4 rings (SSSR count). The summed E-state index contributed by atoms with van der Waals surface area (Å²) >= 11 is 0. The number of amides is 1. The van der Waals surface area contributed by atoms with Gasteiger partial charge in [-0.25, -0.2) is 0 Å². The molecule has 140 valence electrons. The third kappa shape index (κ3) is 3.25. The molecule has 0 radical (unpaired) electrons. The number of nitrogens with one attached hydrogen (secondary N) is 2. The van der Waals surface area contributed by atoms with E-state index in [2.05, 4.69) is 17.2 Å². The van der Waals surface area contributed by atoms with Crippen LogP contribution in [0.3, 0.4) is 0 Å². The van der Waals surface area contributed by atoms with E-state index >= 15 is 0 Å². The highest BCUT2D eigenvalue weighted by Crippen LogP contribution is 2.35. The fourth-order valence-corrected chi connectivity index (χ4v) is 3.74. The smallest absolute Gasteiger partial charge is 0.253 e. The Balaban J connectivity index is 1.58. The van der Waals surface area contributed by atoms with E-state index in [1.807, 2.05) is 50.2 Å². The summed E-state index contributed by atoms with van der Waals surface area (Å²) in [5.41, 5.74) is 4.61. The number of fused-ring (bicyclic) bond motifs is 2. The Kier molecular flexibility index (Phi) is 4.52. The largest absolute Gasteiger partial charge is 0.494 e. The minimum atomic E-state index is -0.0952. The van der Waals surface area contributed by atoms with Crippen LogP contribution in [0.15, 0.2) is 36.4 Å². The number of carbonyl (C=O) groups is 1. The predicted molar refractivity (Wildman–Crippen MR) is 106 cm³/mol. The average molecular weight is 364 g/mol. The number of H-pyrrole nitrogens is 1. The van der Waals surface area contributed by atoms with Crippen LogP contribution in [0, 0.1) is 6.92 Å². The van der Waals surface area contributed by atoms with E-state index in [1.165, 1.54) is 0 Å². The van der Waals surface area contributed by atoms with Crippen LogP contribution >= 0.6 is 0 Å². The third-order valence-electron chi connectivity index (χ3n) is 4.94. The summed E-state index contributed by atoms with van der Waals surface area (Å²) in [5, 5.41) is 3.97. The maximum Gasteiger partial charge on any atom is 0.253 e. The molecule has 0 aliphatic carbocycles. The lowest BCUT2D eigenvalue weighted by Gasteiger charge is -2.13. The molecule has 0 saturated carbocycles. The van der Waals surface area contributed by atoms with Gasteiger partial charge in [-0.2, -0.15) is 0 Å². The molecular formula is C22H24N2O3. The van der Waals surface area contributed by atoms with Crippen LogP contribution in [0.5, 0.6) is 11.5 Å². The summed E-state index contributed by atoms with van der Waals surface area (Å²) in [6.07, 6.45) is 1.06. The van der Waals surface area contributed by atoms with Crippen molar-refractivity contribution >= 4 is 16.8 Å². The molecular weight excluding hydrogens is 340 g/mol. The number of aromatic amines is 1. The van der Waals surface area contributed by atoms with Gasteiger partial charge in [-0.3, -0.25) is 4.79 Å². The quantitative estimate of drug-likeness (QED) is 0.715. The summed E-state index contributed by atoms with van der Waals surface area (Å²) < 4.78 is 11.7. The van der Waals surface area contributed by atoms with Gasteiger partial charge in [-0.1, -0.05) is 18.2 Å². The average Bonchev–Trinajstić information content (AvgIpc) is 3.17. The molecule has 0 unspecified atom stereocenters. The highest BCUT2D eigenvalue weighted by molar-refractivity contribution is 6.08. The number of hydrogen-bond acceptors (Lipinski definition) is 3. The normalized spacial score (nSPS) is 15.4. The van der Waals surface area contributed by atoms with Gasteiger partial charge in [-0.15, -0.1) is 0 Å². The third-order valence-corrected chi connectivity index (χ3v) is 4.94. The molecule has 5 heteroatoms. The van der Waals surface area contributed by atoms with Crippen molar-refractivity contribution in [1.29, 1.82) is 0 Å². The first-order valence-electron chi connectivity index (χ1n) is 9.37. The summed E-state index contributed by atoms with van der Waals surface area (Å²) in [5.74, 6) is 1.60. The van der Waals surface area contributed by atoms with E-state index < -0.39 is 0 Å². The molecule has 0 spiro atoms. The van der Waals surface area contributed by atoms with Gasteiger partial charge >= 0.3 is 0 Å². The number of rotatable bonds is 5. The number of aryl methyl sites for hydroxylation is 1. The Bertz CT molecular complexity index is 1010. The van der Waals surface area contributed by atoms with Crippen LogP contribution in [0.1, 0.15) is 41.0 Å². The number of aromatic nitrogens is 1. The van der Waals surface area contributed by atoms with Crippen molar-refractivity contribution in [2.75, 3.05) is 6.61 Å². The lowest BCUT2D eigenvalue weighted by molar-refractivity contribution is 0.0951. The van der Waals surface area contributed by atoms with Crippen molar-refractivity contribution in [3.05, 3.63) is 58.8 Å². The number of ether oxygens (including phenoxy) is 2. The van der Waals surface area contributed by atoms with Crippen LogP contribution in [0.2, 0.25) is 0 Å². The first-order valence-corrected chi connectivity index (χ1v) is 9.37. The van der Waals surface area contributed by atoms with Gasteiger partial charge in [0.15, 0.2) is 0 Å². The van der Waals surface area contributed by atoms with Crippen molar-refractivity contribution in [1.82, 2.24) is 10.3 Å². The van der Waals surface area contributed by atoms with Crippen molar-refractivity contribution in [3.8, 4) is 11.5 Å². The Morgan fingerprint density at radius 3 is 2.96 bits per heavy atom. The van der Waals surface area contributed by atoms with E-state index in [0.29, 0.717) is 18.7 Å². The Hall–Kier alpha value is -2.95. The molecule has 1 aromatic heterocycles. The second kappa shape index (κ2) is 6.99. The van der Waals surface area contributed by atoms with Crippen LogP contribution in [0.25, 0.3) is 10.9 Å². The highest BCUT2D eigenvalue weighted by atomic mass is 16.5. The van der Waals surface area contributed by atoms with Gasteiger partial charge in [0.1, 0.15) is 17.6 Å². The zero-order valence-electron chi connectivity index (χ0n) is 15.9. The van der Waals surface area contributed by atoms with Crippen molar-refractivity contribution in [2.24, 2.45) is 0 Å². The van der Waals surface area contributed by atoms with E-state index in [4.69, 9.17) is 9.47 Å². The van der Waals surface area contributed by atoms with E-state index in [1.54, 1.807) is 0 Å². The molecule has 2 heterocycles. The SMILES string of the molecule is CCOc1cc2c(cc1CNC(=O)c1c(C)[nH]c3ccccc13)O[C@@H](C)C2. The maximum absolute atomic E-state index is 12.9. The molecule has 1 atom stereocenters. The molecule has 1 aliphatic heterocycles. The molecule has 1 amide bonds. The molecule has 5 nitrogen and oxygen atoms in total. The molecule has 1 aliphatic rings. The molecule has 2 aromatic carbocycles. The summed E-state index contributed by atoms with van der Waals surface area (Å²) in [4.78, 5) is 16.1. The minimum absolute atomic E-state index is 0.0952. The van der Waals surface area contributed by atoms with Crippen molar-refractivity contribution < 1.29 is 14.3 Å². The van der Waals surface area contributed by atoms with E-state index in [0.717, 1.165) is 45.6 Å². The zero-order valence-corrected chi connectivity index (χ0v) is 15.9. The Morgan fingerprint density at radius 2 is 2.15 bits per heavy atom. The molecule has 0 saturated heterocycles. The van der Waals surface area contributed by atoms with Crippen LogP contribution in [0.4, 0.5) is 0 Å². The lowest BCUT2D eigenvalue weighted by Crippen LogP contribution is -2.23. The van der Waals surface area contributed by atoms with Crippen LogP contribution in [-0.2, 0) is 13.0 Å². The van der Waals surface area contributed by atoms with Gasteiger partial charge < -0.3 is 19.8 Å². The maximum atomic E-state index is 12.9. The van der Waals surface area contributed by atoms with Gasteiger partial charge in [0, 0.05) is 40.7 Å². The van der Waals surface area contributed by atoms with Crippen molar-refractivity contribution in [2.45, 2.75) is 39.8 Å². The lowest BCUT2D eigenvalue weighted by atomic mass is 10.1. The molecule has 0 bridgehead atoms. The predicted octanol–water partition coefficient (Wildman–Crippen LogP) is 4.13. The van der Waals surface area contributed by atoms with Gasteiger partial charge in [0.25, 0.3) is 5.91 Å².